The minimum atomic E-state index is -0.121. The fourth-order valence-electron chi connectivity index (χ4n) is 3.14. The Morgan fingerprint density at radius 2 is 2.05 bits per heavy atom. The number of nitrogens with two attached hydrogens (primary N) is 1. The van der Waals surface area contributed by atoms with E-state index in [2.05, 4.69) is 24.1 Å². The summed E-state index contributed by atoms with van der Waals surface area (Å²) in [5.74, 6) is 0.0240. The topological polar surface area (TPSA) is 58.4 Å². The second-order valence-corrected chi connectivity index (χ2v) is 6.18. The Kier molecular flexibility index (Phi) is 4.88. The number of hydrogen-bond donors (Lipinski definition) is 2. The molecule has 1 amide bonds. The first kappa shape index (κ1) is 15.8. The molecule has 1 aliphatic heterocycles. The SMILES string of the molecule is CCC1(CC)CCN(C(C)C(=O)Nc2ccccc2N)C1. The van der Waals surface area contributed by atoms with Gasteiger partial charge in [0, 0.05) is 6.54 Å². The van der Waals surface area contributed by atoms with E-state index in [1.54, 1.807) is 6.07 Å². The molecule has 1 aromatic rings. The highest BCUT2D eigenvalue weighted by Crippen LogP contribution is 2.37. The van der Waals surface area contributed by atoms with Crippen molar-refractivity contribution < 1.29 is 4.79 Å². The number of nitrogens with one attached hydrogen (secondary N) is 1. The number of hydrogen-bond acceptors (Lipinski definition) is 3. The van der Waals surface area contributed by atoms with Crippen LogP contribution in [0.2, 0.25) is 0 Å². The van der Waals surface area contributed by atoms with E-state index in [0.717, 1.165) is 13.1 Å². The largest absolute Gasteiger partial charge is 0.397 e. The van der Waals surface area contributed by atoms with Crippen molar-refractivity contribution in [3.63, 3.8) is 0 Å². The van der Waals surface area contributed by atoms with Crippen molar-refractivity contribution in [1.82, 2.24) is 4.90 Å². The van der Waals surface area contributed by atoms with E-state index in [1.165, 1.54) is 19.3 Å². The van der Waals surface area contributed by atoms with Crippen molar-refractivity contribution >= 4 is 17.3 Å². The van der Waals surface area contributed by atoms with Gasteiger partial charge >= 0.3 is 0 Å². The van der Waals surface area contributed by atoms with Gasteiger partial charge in [0.15, 0.2) is 0 Å². The van der Waals surface area contributed by atoms with Crippen LogP contribution in [-0.2, 0) is 4.79 Å². The van der Waals surface area contributed by atoms with Gasteiger partial charge in [0.25, 0.3) is 0 Å². The molecule has 0 aromatic heterocycles. The van der Waals surface area contributed by atoms with E-state index in [0.29, 0.717) is 16.8 Å². The number of carbonyl (C=O) groups excluding carboxylic acids is 1. The third-order valence-corrected chi connectivity index (χ3v) is 5.11. The van der Waals surface area contributed by atoms with Crippen LogP contribution in [0.15, 0.2) is 24.3 Å². The van der Waals surface area contributed by atoms with Gasteiger partial charge in [0.05, 0.1) is 17.4 Å². The first-order valence-electron chi connectivity index (χ1n) is 7.91. The molecule has 1 fully saturated rings. The highest BCUT2D eigenvalue weighted by atomic mass is 16.2. The molecule has 0 spiro atoms. The lowest BCUT2D eigenvalue weighted by Gasteiger charge is -2.29. The number of nitrogens with zero attached hydrogens (tertiary/aromatic N) is 1. The molecule has 21 heavy (non-hydrogen) atoms. The van der Waals surface area contributed by atoms with Crippen molar-refractivity contribution in [2.75, 3.05) is 24.1 Å². The van der Waals surface area contributed by atoms with Gasteiger partial charge in [-0.25, -0.2) is 0 Å². The molecule has 1 unspecified atom stereocenters. The second kappa shape index (κ2) is 6.48. The first-order chi connectivity index (χ1) is 10.0. The molecule has 1 atom stereocenters. The summed E-state index contributed by atoms with van der Waals surface area (Å²) in [4.78, 5) is 14.7. The minimum absolute atomic E-state index is 0.0240. The lowest BCUT2D eigenvalue weighted by Crippen LogP contribution is -2.41. The van der Waals surface area contributed by atoms with Crippen LogP contribution in [-0.4, -0.2) is 29.9 Å². The molecule has 4 nitrogen and oxygen atoms in total. The van der Waals surface area contributed by atoms with E-state index in [4.69, 9.17) is 5.73 Å². The van der Waals surface area contributed by atoms with Gasteiger partial charge in [-0.15, -0.1) is 0 Å². The third-order valence-electron chi connectivity index (χ3n) is 5.11. The Labute approximate surface area is 127 Å². The quantitative estimate of drug-likeness (QED) is 0.819. The molecule has 3 N–H and O–H groups in total. The average molecular weight is 289 g/mol. The summed E-state index contributed by atoms with van der Waals surface area (Å²) >= 11 is 0. The smallest absolute Gasteiger partial charge is 0.241 e. The standard InChI is InChI=1S/C17H27N3O/c1-4-17(5-2)10-11-20(12-17)13(3)16(21)19-15-9-7-6-8-14(15)18/h6-9,13H,4-5,10-12,18H2,1-3H3,(H,19,21). The Bertz CT molecular complexity index is 497. The van der Waals surface area contributed by atoms with Gasteiger partial charge in [-0.1, -0.05) is 26.0 Å². The van der Waals surface area contributed by atoms with Crippen molar-refractivity contribution in [3.8, 4) is 0 Å². The molecule has 0 bridgehead atoms. The van der Waals surface area contributed by atoms with Gasteiger partial charge in [0.1, 0.15) is 0 Å². The number of para-hydroxylation sites is 2. The number of benzene rings is 1. The van der Waals surface area contributed by atoms with Crippen molar-refractivity contribution in [3.05, 3.63) is 24.3 Å². The Morgan fingerprint density at radius 1 is 1.38 bits per heavy atom. The van der Waals surface area contributed by atoms with Crippen molar-refractivity contribution in [2.24, 2.45) is 5.41 Å². The van der Waals surface area contributed by atoms with Crippen LogP contribution in [0, 0.1) is 5.41 Å². The fraction of sp³-hybridized carbons (Fsp3) is 0.588. The van der Waals surface area contributed by atoms with E-state index in [-0.39, 0.29) is 11.9 Å². The van der Waals surface area contributed by atoms with Crippen LogP contribution in [0.25, 0.3) is 0 Å². The number of anilines is 2. The summed E-state index contributed by atoms with van der Waals surface area (Å²) in [7, 11) is 0. The molecule has 1 saturated heterocycles. The Hall–Kier alpha value is -1.55. The monoisotopic (exact) mass is 289 g/mol. The van der Waals surface area contributed by atoms with Crippen LogP contribution in [0.3, 0.4) is 0 Å². The lowest BCUT2D eigenvalue weighted by atomic mass is 9.82. The molecule has 116 valence electrons. The maximum Gasteiger partial charge on any atom is 0.241 e. The van der Waals surface area contributed by atoms with Crippen LogP contribution in [0.5, 0.6) is 0 Å². The Balaban J connectivity index is 1.99. The molecule has 0 radical (unpaired) electrons. The minimum Gasteiger partial charge on any atom is -0.397 e. The van der Waals surface area contributed by atoms with E-state index < -0.39 is 0 Å². The molecule has 4 heteroatoms. The van der Waals surface area contributed by atoms with Gasteiger partial charge in [0.2, 0.25) is 5.91 Å². The molecular formula is C17H27N3O. The van der Waals surface area contributed by atoms with E-state index >= 15 is 0 Å². The zero-order chi connectivity index (χ0) is 15.5. The molecule has 1 heterocycles. The number of likely N-dealkylation sites (tertiary alicyclic amines) is 1. The average Bonchev–Trinajstić information content (AvgIpc) is 2.94. The fourth-order valence-corrected chi connectivity index (χ4v) is 3.14. The second-order valence-electron chi connectivity index (χ2n) is 6.18. The highest BCUT2D eigenvalue weighted by Gasteiger charge is 2.38. The summed E-state index contributed by atoms with van der Waals surface area (Å²) in [5, 5.41) is 2.94. The van der Waals surface area contributed by atoms with Crippen molar-refractivity contribution in [2.45, 2.75) is 46.1 Å². The zero-order valence-corrected chi connectivity index (χ0v) is 13.4. The first-order valence-corrected chi connectivity index (χ1v) is 7.91. The van der Waals surface area contributed by atoms with Crippen LogP contribution < -0.4 is 11.1 Å². The molecule has 1 aromatic carbocycles. The predicted octanol–water partition coefficient (Wildman–Crippen LogP) is 3.11. The highest BCUT2D eigenvalue weighted by molar-refractivity contribution is 5.97. The Morgan fingerprint density at radius 3 is 2.62 bits per heavy atom. The summed E-state index contributed by atoms with van der Waals surface area (Å²) in [6, 6.07) is 7.27. The van der Waals surface area contributed by atoms with Crippen LogP contribution in [0.4, 0.5) is 11.4 Å². The summed E-state index contributed by atoms with van der Waals surface area (Å²) in [6.07, 6.45) is 3.55. The van der Waals surface area contributed by atoms with Crippen LogP contribution >= 0.6 is 0 Å². The lowest BCUT2D eigenvalue weighted by molar-refractivity contribution is -0.120. The van der Waals surface area contributed by atoms with Crippen LogP contribution in [0.1, 0.15) is 40.0 Å². The number of amides is 1. The molecule has 0 aliphatic carbocycles. The zero-order valence-electron chi connectivity index (χ0n) is 13.4. The predicted molar refractivity (Wildman–Crippen MR) is 88.2 cm³/mol. The molecular weight excluding hydrogens is 262 g/mol. The van der Waals surface area contributed by atoms with Gasteiger partial charge in [-0.05, 0) is 50.3 Å². The maximum atomic E-state index is 12.4. The molecule has 0 saturated carbocycles. The normalized spacial score (nSPS) is 19.4. The number of nitrogen functional groups attached to an aromatic ring is 1. The molecule has 2 rings (SSSR count). The van der Waals surface area contributed by atoms with E-state index in [1.807, 2.05) is 25.1 Å². The maximum absolute atomic E-state index is 12.4. The van der Waals surface area contributed by atoms with Gasteiger partial charge in [-0.3, -0.25) is 9.69 Å². The van der Waals surface area contributed by atoms with Gasteiger partial charge in [-0.2, -0.15) is 0 Å². The summed E-state index contributed by atoms with van der Waals surface area (Å²) in [6.45, 7) is 8.50. The van der Waals surface area contributed by atoms with Crippen molar-refractivity contribution in [1.29, 1.82) is 0 Å². The molecule has 1 aliphatic rings. The third kappa shape index (κ3) is 3.38. The number of carbonyl (C=O) groups is 1. The van der Waals surface area contributed by atoms with Gasteiger partial charge < -0.3 is 11.1 Å². The number of rotatable bonds is 5. The summed E-state index contributed by atoms with van der Waals surface area (Å²) < 4.78 is 0. The summed E-state index contributed by atoms with van der Waals surface area (Å²) in [5.41, 5.74) is 7.58. The van der Waals surface area contributed by atoms with E-state index in [9.17, 15) is 4.79 Å².